The third kappa shape index (κ3) is 4.04. The highest BCUT2D eigenvalue weighted by Crippen LogP contribution is 2.27. The monoisotopic (exact) mass is 369 g/mol. The number of carbonyl (C=O) groups excluding carboxylic acids is 1. The molecule has 0 radical (unpaired) electrons. The summed E-state index contributed by atoms with van der Waals surface area (Å²) in [4.78, 5) is 14.5. The summed E-state index contributed by atoms with van der Waals surface area (Å²) < 4.78 is 42.7. The van der Waals surface area contributed by atoms with Crippen LogP contribution >= 0.6 is 0 Å². The molecule has 1 aromatic carbocycles. The van der Waals surface area contributed by atoms with Crippen LogP contribution in [0.25, 0.3) is 0 Å². The van der Waals surface area contributed by atoms with Crippen molar-refractivity contribution in [3.05, 3.63) is 47.8 Å². The van der Waals surface area contributed by atoms with Gasteiger partial charge in [0.15, 0.2) is 0 Å². The topological polar surface area (TPSA) is 64.4 Å². The highest BCUT2D eigenvalue weighted by molar-refractivity contribution is 7.85. The third-order valence-corrected chi connectivity index (χ3v) is 5.28. The van der Waals surface area contributed by atoms with E-state index in [1.807, 2.05) is 0 Å². The maximum atomic E-state index is 12.9. The molecular weight excluding hydrogens is 352 g/mol. The lowest BCUT2D eigenvalue weighted by Crippen LogP contribution is -2.44. The summed E-state index contributed by atoms with van der Waals surface area (Å²) in [6.45, 7) is -2.63. The van der Waals surface area contributed by atoms with Gasteiger partial charge in [-0.15, -0.1) is 0 Å². The van der Waals surface area contributed by atoms with Crippen LogP contribution in [0, 0.1) is 0 Å². The van der Waals surface area contributed by atoms with Crippen LogP contribution in [0.3, 0.4) is 0 Å². The second kappa shape index (κ2) is 7.30. The molecule has 3 rings (SSSR count). The third-order valence-electron chi connectivity index (χ3n) is 3.96. The molecule has 2 heterocycles. The first-order valence-corrected chi connectivity index (χ1v) is 9.12. The van der Waals surface area contributed by atoms with Gasteiger partial charge in [0.2, 0.25) is 0 Å². The number of benzene rings is 1. The van der Waals surface area contributed by atoms with Gasteiger partial charge in [0, 0.05) is 53.2 Å². The SMILES string of the molecule is Cn1cc(C2CS(=O)CCN2C(=O)c2cccc(OC(F)F)c2)cn1. The van der Waals surface area contributed by atoms with Crippen molar-refractivity contribution in [3.8, 4) is 5.75 Å². The smallest absolute Gasteiger partial charge is 0.387 e. The summed E-state index contributed by atoms with van der Waals surface area (Å²) in [5.74, 6) is 0.324. The number of ether oxygens (including phenoxy) is 1. The van der Waals surface area contributed by atoms with Crippen LogP contribution < -0.4 is 4.74 Å². The number of rotatable bonds is 4. The second-order valence-corrected chi connectivity index (χ2v) is 7.30. The van der Waals surface area contributed by atoms with E-state index in [1.165, 1.54) is 18.2 Å². The molecule has 0 bridgehead atoms. The van der Waals surface area contributed by atoms with Crippen molar-refractivity contribution in [1.82, 2.24) is 14.7 Å². The van der Waals surface area contributed by atoms with E-state index in [0.29, 0.717) is 18.1 Å². The van der Waals surface area contributed by atoms with Crippen LogP contribution in [-0.2, 0) is 17.8 Å². The quantitative estimate of drug-likeness (QED) is 0.827. The Labute approximate surface area is 145 Å². The van der Waals surface area contributed by atoms with Gasteiger partial charge in [0.1, 0.15) is 5.75 Å². The molecule has 0 N–H and O–H groups in total. The maximum absolute atomic E-state index is 12.9. The van der Waals surface area contributed by atoms with Gasteiger partial charge < -0.3 is 9.64 Å². The zero-order valence-corrected chi connectivity index (χ0v) is 14.3. The fourth-order valence-corrected chi connectivity index (χ4v) is 4.10. The van der Waals surface area contributed by atoms with E-state index in [2.05, 4.69) is 9.84 Å². The van der Waals surface area contributed by atoms with Crippen molar-refractivity contribution in [1.29, 1.82) is 0 Å². The molecule has 1 fully saturated rings. The van der Waals surface area contributed by atoms with Crippen LogP contribution in [0.4, 0.5) is 8.78 Å². The minimum absolute atomic E-state index is 0.0700. The number of aromatic nitrogens is 2. The van der Waals surface area contributed by atoms with Gasteiger partial charge in [-0.3, -0.25) is 13.7 Å². The van der Waals surface area contributed by atoms with Gasteiger partial charge in [-0.25, -0.2) is 0 Å². The van der Waals surface area contributed by atoms with Crippen molar-refractivity contribution in [2.75, 3.05) is 18.1 Å². The minimum atomic E-state index is -2.95. The van der Waals surface area contributed by atoms with Crippen molar-refractivity contribution in [2.24, 2.45) is 7.05 Å². The Morgan fingerprint density at radius 3 is 2.92 bits per heavy atom. The lowest BCUT2D eigenvalue weighted by Gasteiger charge is -2.35. The highest BCUT2D eigenvalue weighted by Gasteiger charge is 2.32. The predicted molar refractivity (Wildman–Crippen MR) is 87.9 cm³/mol. The van der Waals surface area contributed by atoms with E-state index in [1.54, 1.807) is 35.1 Å². The molecule has 2 unspecified atom stereocenters. The zero-order chi connectivity index (χ0) is 18.0. The van der Waals surface area contributed by atoms with Gasteiger partial charge in [-0.05, 0) is 18.2 Å². The lowest BCUT2D eigenvalue weighted by atomic mass is 10.1. The van der Waals surface area contributed by atoms with Gasteiger partial charge in [0.05, 0.1) is 12.2 Å². The highest BCUT2D eigenvalue weighted by atomic mass is 32.2. The molecule has 9 heteroatoms. The average Bonchev–Trinajstić information content (AvgIpc) is 3.00. The average molecular weight is 369 g/mol. The van der Waals surface area contributed by atoms with Crippen molar-refractivity contribution in [2.45, 2.75) is 12.7 Å². The maximum Gasteiger partial charge on any atom is 0.387 e. The van der Waals surface area contributed by atoms with Gasteiger partial charge in [-0.1, -0.05) is 6.07 Å². The van der Waals surface area contributed by atoms with Crippen molar-refractivity contribution >= 4 is 16.7 Å². The summed E-state index contributed by atoms with van der Waals surface area (Å²) in [7, 11) is 0.742. The van der Waals surface area contributed by atoms with Crippen molar-refractivity contribution in [3.63, 3.8) is 0 Å². The minimum Gasteiger partial charge on any atom is -0.435 e. The number of halogens is 2. The molecule has 25 heavy (non-hydrogen) atoms. The Morgan fingerprint density at radius 2 is 2.24 bits per heavy atom. The molecule has 1 saturated heterocycles. The summed E-state index contributed by atoms with van der Waals surface area (Å²) in [6.07, 6.45) is 3.42. The molecule has 2 atom stereocenters. The van der Waals surface area contributed by atoms with E-state index >= 15 is 0 Å². The molecule has 0 aliphatic carbocycles. The van der Waals surface area contributed by atoms with Gasteiger partial charge in [-0.2, -0.15) is 13.9 Å². The molecule has 0 saturated carbocycles. The van der Waals surface area contributed by atoms with E-state index in [4.69, 9.17) is 0 Å². The normalized spacial score (nSPS) is 20.7. The first-order chi connectivity index (χ1) is 11.9. The Hall–Kier alpha value is -2.29. The lowest BCUT2D eigenvalue weighted by molar-refractivity contribution is -0.0499. The van der Waals surface area contributed by atoms with Crippen LogP contribution in [0.5, 0.6) is 5.75 Å². The summed E-state index contributed by atoms with van der Waals surface area (Å²) in [6, 6.07) is 5.33. The molecule has 6 nitrogen and oxygen atoms in total. The van der Waals surface area contributed by atoms with Crippen LogP contribution in [0.2, 0.25) is 0 Å². The van der Waals surface area contributed by atoms with Crippen LogP contribution in [0.15, 0.2) is 36.7 Å². The second-order valence-electron chi connectivity index (χ2n) is 5.68. The molecule has 2 aromatic rings. The number of alkyl halides is 2. The molecule has 1 aromatic heterocycles. The Morgan fingerprint density at radius 1 is 1.44 bits per heavy atom. The number of amides is 1. The number of hydrogen-bond acceptors (Lipinski definition) is 4. The predicted octanol–water partition coefficient (Wildman–Crippen LogP) is 1.97. The molecule has 1 aliphatic rings. The van der Waals surface area contributed by atoms with E-state index < -0.39 is 17.4 Å². The fourth-order valence-electron chi connectivity index (χ4n) is 2.81. The van der Waals surface area contributed by atoms with E-state index in [0.717, 1.165) is 5.56 Å². The molecular formula is C16H17F2N3O3S. The van der Waals surface area contributed by atoms with Crippen molar-refractivity contribution < 1.29 is 22.5 Å². The molecule has 134 valence electrons. The first-order valence-electron chi connectivity index (χ1n) is 7.63. The van der Waals surface area contributed by atoms with E-state index in [-0.39, 0.29) is 23.3 Å². The zero-order valence-electron chi connectivity index (χ0n) is 13.5. The van der Waals surface area contributed by atoms with Crippen LogP contribution in [-0.4, -0.2) is 49.5 Å². The Bertz CT molecular complexity index is 796. The van der Waals surface area contributed by atoms with E-state index in [9.17, 15) is 17.8 Å². The Balaban J connectivity index is 1.87. The fraction of sp³-hybridized carbons (Fsp3) is 0.375. The standard InChI is InChI=1S/C16H17F2N3O3S/c1-20-9-12(8-19-20)14-10-25(23)6-5-21(14)15(22)11-3-2-4-13(7-11)24-16(17)18/h2-4,7-9,14,16H,5-6,10H2,1H3. The van der Waals surface area contributed by atoms with Crippen LogP contribution in [0.1, 0.15) is 22.0 Å². The number of carbonyl (C=O) groups is 1. The summed E-state index contributed by atoms with van der Waals surface area (Å²) in [5, 5.41) is 4.11. The first kappa shape index (κ1) is 17.5. The van der Waals surface area contributed by atoms with Gasteiger partial charge >= 0.3 is 6.61 Å². The number of nitrogens with zero attached hydrogens (tertiary/aromatic N) is 3. The largest absolute Gasteiger partial charge is 0.435 e. The molecule has 1 amide bonds. The number of hydrogen-bond donors (Lipinski definition) is 0. The summed E-state index contributed by atoms with van der Waals surface area (Å²) in [5.41, 5.74) is 1.05. The molecule has 1 aliphatic heterocycles. The number of aryl methyl sites for hydroxylation is 1. The Kier molecular flexibility index (Phi) is 5.12. The van der Waals surface area contributed by atoms with Gasteiger partial charge in [0.25, 0.3) is 5.91 Å². The summed E-state index contributed by atoms with van der Waals surface area (Å²) >= 11 is 0. The molecule has 0 spiro atoms.